The zero-order valence-electron chi connectivity index (χ0n) is 10.1. The molecule has 1 aromatic rings. The first-order valence-electron chi connectivity index (χ1n) is 6.14. The van der Waals surface area contributed by atoms with E-state index in [0.29, 0.717) is 5.56 Å². The summed E-state index contributed by atoms with van der Waals surface area (Å²) in [5, 5.41) is 3.99. The van der Waals surface area contributed by atoms with Gasteiger partial charge in [0, 0.05) is 22.2 Å². The highest BCUT2D eigenvalue weighted by Crippen LogP contribution is 2.30. The van der Waals surface area contributed by atoms with Gasteiger partial charge < -0.3 is 5.32 Å². The van der Waals surface area contributed by atoms with Crippen LogP contribution in [0.15, 0.2) is 22.9 Å². The second kappa shape index (κ2) is 6.15. The third-order valence-corrected chi connectivity index (χ3v) is 4.92. The van der Waals surface area contributed by atoms with Crippen LogP contribution in [0.1, 0.15) is 42.5 Å². The summed E-state index contributed by atoms with van der Waals surface area (Å²) in [6.07, 6.45) is 9.01. The van der Waals surface area contributed by atoms with E-state index in [-0.39, 0.29) is 11.4 Å². The molecule has 5 heteroatoms. The molecule has 0 aromatic carbocycles. The third-order valence-electron chi connectivity index (χ3n) is 3.41. The van der Waals surface area contributed by atoms with Crippen molar-refractivity contribution in [3.63, 3.8) is 0 Å². The molecule has 0 radical (unpaired) electrons. The quantitative estimate of drug-likeness (QED) is 0.819. The number of carbonyl (C=O) groups is 1. The van der Waals surface area contributed by atoms with E-state index < -0.39 is 0 Å². The molecule has 1 saturated carbocycles. The molecule has 0 bridgehead atoms. The minimum absolute atomic E-state index is 0.0369. The summed E-state index contributed by atoms with van der Waals surface area (Å²) in [4.78, 5) is 16.3. The largest absolute Gasteiger partial charge is 0.346 e. The van der Waals surface area contributed by atoms with E-state index in [1.165, 1.54) is 19.3 Å². The lowest BCUT2D eigenvalue weighted by molar-refractivity contribution is 0.0886. The molecule has 1 aliphatic rings. The van der Waals surface area contributed by atoms with Gasteiger partial charge in [0.2, 0.25) is 0 Å². The number of rotatable bonds is 3. The van der Waals surface area contributed by atoms with Crippen LogP contribution in [0.3, 0.4) is 0 Å². The van der Waals surface area contributed by atoms with Crippen LogP contribution in [0.2, 0.25) is 0 Å². The average Bonchev–Trinajstić information content (AvgIpc) is 2.40. The van der Waals surface area contributed by atoms with E-state index in [1.807, 2.05) is 0 Å². The minimum atomic E-state index is -0.0857. The van der Waals surface area contributed by atoms with Crippen molar-refractivity contribution in [2.24, 2.45) is 0 Å². The van der Waals surface area contributed by atoms with Crippen molar-refractivity contribution < 1.29 is 4.79 Å². The summed E-state index contributed by atoms with van der Waals surface area (Å²) in [5.74, 6) is -0.0369. The van der Waals surface area contributed by atoms with E-state index in [2.05, 4.69) is 42.2 Å². The Kier molecular flexibility index (Phi) is 4.78. The number of hydrogen-bond donors (Lipinski definition) is 1. The van der Waals surface area contributed by atoms with Crippen molar-refractivity contribution in [1.29, 1.82) is 0 Å². The Morgan fingerprint density at radius 3 is 2.67 bits per heavy atom. The predicted octanol–water partition coefficient (Wildman–Crippen LogP) is 3.67. The number of aromatic nitrogens is 1. The molecule has 0 atom stereocenters. The van der Waals surface area contributed by atoms with Gasteiger partial charge in [-0.25, -0.2) is 0 Å². The Balaban J connectivity index is 2.10. The van der Waals surface area contributed by atoms with Crippen molar-refractivity contribution >= 4 is 37.8 Å². The molecule has 0 aliphatic heterocycles. The first-order chi connectivity index (χ1) is 8.65. The third kappa shape index (κ3) is 3.32. The van der Waals surface area contributed by atoms with E-state index in [9.17, 15) is 4.79 Å². The summed E-state index contributed by atoms with van der Waals surface area (Å²) in [6.45, 7) is 0. The molecule has 1 aliphatic carbocycles. The summed E-state index contributed by atoms with van der Waals surface area (Å²) in [7, 11) is 0. The van der Waals surface area contributed by atoms with Crippen molar-refractivity contribution in [2.75, 3.05) is 5.33 Å². The molecule has 1 amide bonds. The second-order valence-corrected chi connectivity index (χ2v) is 6.30. The minimum Gasteiger partial charge on any atom is -0.346 e. The lowest BCUT2D eigenvalue weighted by atomic mass is 9.83. The van der Waals surface area contributed by atoms with E-state index in [1.54, 1.807) is 18.5 Å². The van der Waals surface area contributed by atoms with Gasteiger partial charge in [-0.2, -0.15) is 0 Å². The fourth-order valence-corrected chi connectivity index (χ4v) is 3.44. The van der Waals surface area contributed by atoms with Crippen LogP contribution in [0.25, 0.3) is 0 Å². The maximum atomic E-state index is 12.2. The zero-order chi connectivity index (χ0) is 13.0. The number of hydrogen-bond acceptors (Lipinski definition) is 2. The molecular weight excluding hydrogens is 360 g/mol. The van der Waals surface area contributed by atoms with Gasteiger partial charge in [0.25, 0.3) is 5.91 Å². The Bertz CT molecular complexity index is 431. The summed E-state index contributed by atoms with van der Waals surface area (Å²) < 4.78 is 0.826. The lowest BCUT2D eigenvalue weighted by Gasteiger charge is -2.36. The average molecular weight is 376 g/mol. The molecule has 18 heavy (non-hydrogen) atoms. The first-order valence-corrected chi connectivity index (χ1v) is 8.06. The van der Waals surface area contributed by atoms with Crippen molar-refractivity contribution in [3.05, 3.63) is 28.5 Å². The zero-order valence-corrected chi connectivity index (χ0v) is 13.3. The Labute approximate surface area is 124 Å². The predicted molar refractivity (Wildman–Crippen MR) is 79.0 cm³/mol. The monoisotopic (exact) mass is 374 g/mol. The number of pyridine rings is 1. The topological polar surface area (TPSA) is 42.0 Å². The maximum Gasteiger partial charge on any atom is 0.253 e. The van der Waals surface area contributed by atoms with Crippen LogP contribution >= 0.6 is 31.9 Å². The van der Waals surface area contributed by atoms with Crippen molar-refractivity contribution in [3.8, 4) is 0 Å². The van der Waals surface area contributed by atoms with Crippen LogP contribution in [0, 0.1) is 0 Å². The van der Waals surface area contributed by atoms with Crippen LogP contribution in [-0.2, 0) is 0 Å². The summed E-state index contributed by atoms with van der Waals surface area (Å²) in [6, 6.07) is 1.80. The van der Waals surface area contributed by atoms with Crippen LogP contribution in [0.5, 0.6) is 0 Å². The van der Waals surface area contributed by atoms with Gasteiger partial charge in [0.1, 0.15) is 0 Å². The van der Waals surface area contributed by atoms with Gasteiger partial charge in [-0.05, 0) is 34.8 Å². The number of halogens is 2. The number of amides is 1. The fourth-order valence-electron chi connectivity index (χ4n) is 2.37. The molecule has 0 spiro atoms. The Morgan fingerprint density at radius 2 is 2.06 bits per heavy atom. The van der Waals surface area contributed by atoms with E-state index in [0.717, 1.165) is 22.6 Å². The molecule has 0 unspecified atom stereocenters. The standard InChI is InChI=1S/C13H16Br2N2O/c14-9-13(4-2-1-3-5-13)17-12(18)10-6-11(15)8-16-7-10/h6-8H,1-5,9H2,(H,17,18). The van der Waals surface area contributed by atoms with Gasteiger partial charge >= 0.3 is 0 Å². The van der Waals surface area contributed by atoms with Gasteiger partial charge in [0.05, 0.1) is 11.1 Å². The SMILES string of the molecule is O=C(NC1(CBr)CCCCC1)c1cncc(Br)c1. The number of alkyl halides is 1. The van der Waals surface area contributed by atoms with Gasteiger partial charge in [0.15, 0.2) is 0 Å². The Hall–Kier alpha value is -0.420. The Morgan fingerprint density at radius 1 is 1.33 bits per heavy atom. The van der Waals surface area contributed by atoms with E-state index >= 15 is 0 Å². The normalized spacial score (nSPS) is 18.3. The van der Waals surface area contributed by atoms with Gasteiger partial charge in [-0.3, -0.25) is 9.78 Å². The van der Waals surface area contributed by atoms with Crippen molar-refractivity contribution in [2.45, 2.75) is 37.6 Å². The number of nitrogens with one attached hydrogen (secondary N) is 1. The van der Waals surface area contributed by atoms with Crippen molar-refractivity contribution in [1.82, 2.24) is 10.3 Å². The molecule has 3 nitrogen and oxygen atoms in total. The van der Waals surface area contributed by atoms with Crippen LogP contribution < -0.4 is 5.32 Å². The lowest BCUT2D eigenvalue weighted by Crippen LogP contribution is -2.51. The van der Waals surface area contributed by atoms with Gasteiger partial charge in [-0.1, -0.05) is 35.2 Å². The van der Waals surface area contributed by atoms with E-state index in [4.69, 9.17) is 0 Å². The number of carbonyl (C=O) groups excluding carboxylic acids is 1. The van der Waals surface area contributed by atoms with Gasteiger partial charge in [-0.15, -0.1) is 0 Å². The first kappa shape index (κ1) is 14.0. The molecule has 1 heterocycles. The molecule has 1 fully saturated rings. The molecule has 0 saturated heterocycles. The highest BCUT2D eigenvalue weighted by Gasteiger charge is 2.32. The highest BCUT2D eigenvalue weighted by atomic mass is 79.9. The maximum absolute atomic E-state index is 12.2. The number of nitrogens with zero attached hydrogens (tertiary/aromatic N) is 1. The fraction of sp³-hybridized carbons (Fsp3) is 0.538. The molecule has 1 aromatic heterocycles. The smallest absolute Gasteiger partial charge is 0.253 e. The summed E-state index contributed by atoms with van der Waals surface area (Å²) >= 11 is 6.88. The highest BCUT2D eigenvalue weighted by molar-refractivity contribution is 9.10. The summed E-state index contributed by atoms with van der Waals surface area (Å²) in [5.41, 5.74) is 0.521. The van der Waals surface area contributed by atoms with Crippen LogP contribution in [0.4, 0.5) is 0 Å². The molecule has 2 rings (SSSR count). The molecular formula is C13H16Br2N2O. The molecule has 1 N–H and O–H groups in total. The van der Waals surface area contributed by atoms with Crippen LogP contribution in [-0.4, -0.2) is 21.8 Å². The second-order valence-electron chi connectivity index (χ2n) is 4.82. The molecule has 98 valence electrons.